The van der Waals surface area contributed by atoms with Crippen LogP contribution in [0.5, 0.6) is 5.75 Å². The van der Waals surface area contributed by atoms with Crippen molar-refractivity contribution in [3.63, 3.8) is 0 Å². The lowest BCUT2D eigenvalue weighted by atomic mass is 9.78. The third kappa shape index (κ3) is 2.81. The molecule has 0 unspecified atom stereocenters. The van der Waals surface area contributed by atoms with Gasteiger partial charge in [-0.2, -0.15) is 13.2 Å². The van der Waals surface area contributed by atoms with Gasteiger partial charge in [0, 0.05) is 0 Å². The Morgan fingerprint density at radius 3 is 1.95 bits per heavy atom. The second-order valence-electron chi connectivity index (χ2n) is 6.17. The van der Waals surface area contributed by atoms with E-state index in [4.69, 9.17) is 14.0 Å². The number of alkyl halides is 3. The fraction of sp³-hybridized carbons (Fsp3) is 0.571. The molecule has 0 saturated carbocycles. The molecule has 0 atom stereocenters. The van der Waals surface area contributed by atoms with Crippen molar-refractivity contribution in [3.05, 3.63) is 23.5 Å². The zero-order valence-corrected chi connectivity index (χ0v) is 13.0. The molecular formula is C14H17BF4O3. The predicted molar refractivity (Wildman–Crippen MR) is 73.7 cm³/mol. The van der Waals surface area contributed by atoms with E-state index in [2.05, 4.69) is 0 Å². The van der Waals surface area contributed by atoms with Gasteiger partial charge in [0.25, 0.3) is 0 Å². The van der Waals surface area contributed by atoms with Gasteiger partial charge in [-0.05, 0) is 45.3 Å². The molecule has 22 heavy (non-hydrogen) atoms. The minimum Gasteiger partial charge on any atom is -0.494 e. The summed E-state index contributed by atoms with van der Waals surface area (Å²) in [5.74, 6) is -1.95. The van der Waals surface area contributed by atoms with Gasteiger partial charge >= 0.3 is 13.3 Å². The normalized spacial score (nSPS) is 20.3. The van der Waals surface area contributed by atoms with Gasteiger partial charge in [0.2, 0.25) is 0 Å². The third-order valence-corrected chi connectivity index (χ3v) is 4.11. The zero-order chi connectivity index (χ0) is 16.9. The number of benzene rings is 1. The molecule has 0 aromatic heterocycles. The van der Waals surface area contributed by atoms with E-state index in [9.17, 15) is 17.6 Å². The van der Waals surface area contributed by atoms with Crippen molar-refractivity contribution < 1.29 is 31.6 Å². The fourth-order valence-corrected chi connectivity index (χ4v) is 2.09. The molecule has 0 N–H and O–H groups in total. The van der Waals surface area contributed by atoms with Crippen LogP contribution in [-0.4, -0.2) is 25.4 Å². The molecule has 1 fully saturated rings. The maximum Gasteiger partial charge on any atom is 0.494 e. The SMILES string of the molecule is COc1cc(B2OC(C)(C)C(C)(C)O2)cc(C(F)(F)F)c1F. The number of hydrogen-bond acceptors (Lipinski definition) is 3. The topological polar surface area (TPSA) is 27.7 Å². The molecule has 0 radical (unpaired) electrons. The highest BCUT2D eigenvalue weighted by Gasteiger charge is 2.52. The van der Waals surface area contributed by atoms with E-state index in [1.165, 1.54) is 0 Å². The summed E-state index contributed by atoms with van der Waals surface area (Å²) in [5.41, 5.74) is -2.77. The number of halogens is 4. The van der Waals surface area contributed by atoms with E-state index in [1.807, 2.05) is 0 Å². The van der Waals surface area contributed by atoms with Gasteiger partial charge in [-0.3, -0.25) is 0 Å². The molecule has 1 aromatic rings. The Hall–Kier alpha value is -1.28. The first-order valence-electron chi connectivity index (χ1n) is 6.69. The van der Waals surface area contributed by atoms with Crippen molar-refractivity contribution in [2.24, 2.45) is 0 Å². The summed E-state index contributed by atoms with van der Waals surface area (Å²) in [6, 6.07) is 1.85. The Bertz CT molecular complexity index is 568. The predicted octanol–water partition coefficient (Wildman–Crippen LogP) is 3.15. The van der Waals surface area contributed by atoms with Crippen molar-refractivity contribution in [1.82, 2.24) is 0 Å². The number of methoxy groups -OCH3 is 1. The van der Waals surface area contributed by atoms with Crippen LogP contribution in [0.15, 0.2) is 12.1 Å². The largest absolute Gasteiger partial charge is 0.494 e. The summed E-state index contributed by atoms with van der Waals surface area (Å²) in [6.07, 6.45) is -4.84. The molecule has 0 spiro atoms. The second kappa shape index (κ2) is 5.13. The van der Waals surface area contributed by atoms with Gasteiger partial charge in [-0.25, -0.2) is 4.39 Å². The molecular weight excluding hydrogens is 303 g/mol. The standard InChI is InChI=1S/C14H17BF4O3/c1-12(2)13(3,4)22-15(21-12)8-6-9(14(17,18)19)11(16)10(7-8)20-5/h6-7H,1-5H3. The second-order valence-corrected chi connectivity index (χ2v) is 6.17. The first-order chi connectivity index (χ1) is 9.89. The van der Waals surface area contributed by atoms with E-state index < -0.39 is 41.6 Å². The lowest BCUT2D eigenvalue weighted by Crippen LogP contribution is -2.41. The minimum atomic E-state index is -4.84. The van der Waals surface area contributed by atoms with Crippen LogP contribution in [0, 0.1) is 5.82 Å². The monoisotopic (exact) mass is 320 g/mol. The minimum absolute atomic E-state index is 0.0595. The molecule has 0 bridgehead atoms. The summed E-state index contributed by atoms with van der Waals surface area (Å²) < 4.78 is 68.8. The molecule has 0 amide bonds. The summed E-state index contributed by atoms with van der Waals surface area (Å²) in [5, 5.41) is 0. The van der Waals surface area contributed by atoms with E-state index in [0.29, 0.717) is 6.07 Å². The molecule has 8 heteroatoms. The van der Waals surface area contributed by atoms with Crippen molar-refractivity contribution in [2.75, 3.05) is 7.11 Å². The van der Waals surface area contributed by atoms with Gasteiger partial charge < -0.3 is 14.0 Å². The average Bonchev–Trinajstić information content (AvgIpc) is 2.57. The van der Waals surface area contributed by atoms with Gasteiger partial charge in [0.05, 0.1) is 23.9 Å². The number of rotatable bonds is 2. The Balaban J connectivity index is 2.50. The molecule has 2 rings (SSSR count). The molecule has 1 aromatic carbocycles. The zero-order valence-electron chi connectivity index (χ0n) is 13.0. The lowest BCUT2D eigenvalue weighted by molar-refractivity contribution is -0.140. The van der Waals surface area contributed by atoms with E-state index in [1.54, 1.807) is 27.7 Å². The molecule has 122 valence electrons. The Morgan fingerprint density at radius 1 is 1.05 bits per heavy atom. The Morgan fingerprint density at radius 2 is 1.55 bits per heavy atom. The first kappa shape index (κ1) is 17.1. The number of hydrogen-bond donors (Lipinski definition) is 0. The van der Waals surface area contributed by atoms with Crippen LogP contribution in [0.2, 0.25) is 0 Å². The highest BCUT2D eigenvalue weighted by atomic mass is 19.4. The average molecular weight is 320 g/mol. The van der Waals surface area contributed by atoms with Crippen molar-refractivity contribution in [2.45, 2.75) is 45.1 Å². The van der Waals surface area contributed by atoms with Crippen LogP contribution >= 0.6 is 0 Å². The highest BCUT2D eigenvalue weighted by molar-refractivity contribution is 6.62. The Labute approximate surface area is 126 Å². The number of ether oxygens (including phenoxy) is 1. The smallest absolute Gasteiger partial charge is 0.494 e. The van der Waals surface area contributed by atoms with Gasteiger partial charge in [0.1, 0.15) is 0 Å². The Kier molecular flexibility index (Phi) is 3.98. The van der Waals surface area contributed by atoms with Crippen LogP contribution in [0.1, 0.15) is 33.3 Å². The van der Waals surface area contributed by atoms with Gasteiger partial charge in [-0.15, -0.1) is 0 Å². The van der Waals surface area contributed by atoms with Crippen molar-refractivity contribution in [1.29, 1.82) is 0 Å². The molecule has 0 aliphatic carbocycles. The van der Waals surface area contributed by atoms with E-state index in [-0.39, 0.29) is 5.46 Å². The highest BCUT2D eigenvalue weighted by Crippen LogP contribution is 2.38. The van der Waals surface area contributed by atoms with Crippen LogP contribution in [0.25, 0.3) is 0 Å². The molecule has 1 heterocycles. The lowest BCUT2D eigenvalue weighted by Gasteiger charge is -2.32. The fourth-order valence-electron chi connectivity index (χ4n) is 2.09. The third-order valence-electron chi connectivity index (χ3n) is 4.11. The van der Waals surface area contributed by atoms with Crippen LogP contribution in [-0.2, 0) is 15.5 Å². The van der Waals surface area contributed by atoms with Gasteiger partial charge in [0.15, 0.2) is 11.6 Å². The molecule has 1 aliphatic heterocycles. The maximum absolute atomic E-state index is 13.8. The van der Waals surface area contributed by atoms with E-state index in [0.717, 1.165) is 13.2 Å². The van der Waals surface area contributed by atoms with E-state index >= 15 is 0 Å². The van der Waals surface area contributed by atoms with Crippen LogP contribution < -0.4 is 10.2 Å². The van der Waals surface area contributed by atoms with Gasteiger partial charge in [-0.1, -0.05) is 0 Å². The quantitative estimate of drug-likeness (QED) is 0.619. The maximum atomic E-state index is 13.8. The van der Waals surface area contributed by atoms with Crippen molar-refractivity contribution >= 4 is 12.6 Å². The summed E-state index contributed by atoms with van der Waals surface area (Å²) in [7, 11) is 0.0765. The molecule has 3 nitrogen and oxygen atoms in total. The summed E-state index contributed by atoms with van der Waals surface area (Å²) >= 11 is 0. The van der Waals surface area contributed by atoms with Crippen LogP contribution in [0.4, 0.5) is 17.6 Å². The van der Waals surface area contributed by atoms with Crippen molar-refractivity contribution in [3.8, 4) is 5.75 Å². The molecule has 1 saturated heterocycles. The van der Waals surface area contributed by atoms with Crippen LogP contribution in [0.3, 0.4) is 0 Å². The summed E-state index contributed by atoms with van der Waals surface area (Å²) in [6.45, 7) is 7.10. The first-order valence-corrected chi connectivity index (χ1v) is 6.69. The molecule has 1 aliphatic rings. The summed E-state index contributed by atoms with van der Waals surface area (Å²) in [4.78, 5) is 0.